The Labute approximate surface area is 101 Å². The molecule has 0 aromatic heterocycles. The number of hydrogen-bond donors (Lipinski definition) is 1. The molecule has 0 fully saturated rings. The molecule has 2 rings (SSSR count). The van der Waals surface area contributed by atoms with Crippen LogP contribution in [-0.2, 0) is 4.79 Å². The zero-order valence-corrected chi connectivity index (χ0v) is 9.76. The van der Waals surface area contributed by atoms with Crippen molar-refractivity contribution in [3.8, 4) is 0 Å². The Morgan fingerprint density at radius 1 is 1.29 bits per heavy atom. The summed E-state index contributed by atoms with van der Waals surface area (Å²) in [6.07, 6.45) is 2.39. The van der Waals surface area contributed by atoms with Crippen molar-refractivity contribution in [1.82, 2.24) is 0 Å². The van der Waals surface area contributed by atoms with Gasteiger partial charge in [0.1, 0.15) is 5.76 Å². The van der Waals surface area contributed by atoms with E-state index in [1.54, 1.807) is 7.05 Å². The minimum absolute atomic E-state index is 0.0341. The van der Waals surface area contributed by atoms with Gasteiger partial charge in [0, 0.05) is 26.1 Å². The van der Waals surface area contributed by atoms with Gasteiger partial charge in [-0.3, -0.25) is 9.79 Å². The number of benzene rings is 1. The van der Waals surface area contributed by atoms with Crippen LogP contribution in [0.1, 0.15) is 24.3 Å². The van der Waals surface area contributed by atoms with E-state index in [4.69, 9.17) is 0 Å². The van der Waals surface area contributed by atoms with Crippen LogP contribution in [0.25, 0.3) is 0 Å². The zero-order valence-electron chi connectivity index (χ0n) is 9.76. The first-order valence-corrected chi connectivity index (χ1v) is 5.64. The van der Waals surface area contributed by atoms with Gasteiger partial charge in [0.05, 0.1) is 5.57 Å². The Hall–Kier alpha value is -1.90. The third-order valence-electron chi connectivity index (χ3n) is 3.01. The second-order valence-corrected chi connectivity index (χ2v) is 4.19. The van der Waals surface area contributed by atoms with Gasteiger partial charge in [0.15, 0.2) is 5.78 Å². The number of allylic oxidation sites excluding steroid dienone is 2. The molecule has 3 heteroatoms. The number of nitrogens with zero attached hydrogens (tertiary/aromatic N) is 1. The monoisotopic (exact) mass is 229 g/mol. The van der Waals surface area contributed by atoms with E-state index < -0.39 is 0 Å². The average Bonchev–Trinajstić information content (AvgIpc) is 2.35. The molecule has 1 aromatic rings. The molecule has 1 aromatic carbocycles. The first kappa shape index (κ1) is 11.6. The summed E-state index contributed by atoms with van der Waals surface area (Å²) >= 11 is 0. The molecule has 3 nitrogen and oxygen atoms in total. The molecule has 0 heterocycles. The van der Waals surface area contributed by atoms with Crippen molar-refractivity contribution in [3.63, 3.8) is 0 Å². The van der Waals surface area contributed by atoms with E-state index in [0.29, 0.717) is 18.4 Å². The number of aliphatic hydroxyl groups excluding tert-OH is 1. The minimum Gasteiger partial charge on any atom is -0.511 e. The number of aliphatic imine (C=N–C) groups is 1. The molecule has 1 N–H and O–H groups in total. The van der Waals surface area contributed by atoms with Crippen molar-refractivity contribution in [2.75, 3.05) is 7.05 Å². The zero-order chi connectivity index (χ0) is 12.3. The van der Waals surface area contributed by atoms with Crippen LogP contribution in [0.5, 0.6) is 0 Å². The summed E-state index contributed by atoms with van der Waals surface area (Å²) in [6.45, 7) is 0. The first-order chi connectivity index (χ1) is 8.22. The molecule has 0 saturated heterocycles. The topological polar surface area (TPSA) is 49.7 Å². The third-order valence-corrected chi connectivity index (χ3v) is 3.01. The van der Waals surface area contributed by atoms with Gasteiger partial charge in [0.2, 0.25) is 0 Å². The number of hydrogen-bond acceptors (Lipinski definition) is 3. The molecule has 17 heavy (non-hydrogen) atoms. The van der Waals surface area contributed by atoms with E-state index in [1.807, 2.05) is 30.3 Å². The fourth-order valence-corrected chi connectivity index (χ4v) is 2.15. The second kappa shape index (κ2) is 4.95. The summed E-state index contributed by atoms with van der Waals surface area (Å²) in [4.78, 5) is 15.7. The highest BCUT2D eigenvalue weighted by Gasteiger charge is 2.27. The average molecular weight is 229 g/mol. The molecule has 0 spiro atoms. The molecule has 0 amide bonds. The van der Waals surface area contributed by atoms with Crippen molar-refractivity contribution >= 4 is 12.0 Å². The predicted octanol–water partition coefficient (Wildman–Crippen LogP) is 2.65. The van der Waals surface area contributed by atoms with E-state index in [-0.39, 0.29) is 17.5 Å². The molecular weight excluding hydrogens is 214 g/mol. The predicted molar refractivity (Wildman–Crippen MR) is 67.5 cm³/mol. The maximum atomic E-state index is 11.9. The number of aliphatic hydroxyl groups is 1. The highest BCUT2D eigenvalue weighted by Crippen LogP contribution is 2.32. The van der Waals surface area contributed by atoms with Crippen LogP contribution < -0.4 is 0 Å². The van der Waals surface area contributed by atoms with E-state index >= 15 is 0 Å². The van der Waals surface area contributed by atoms with Crippen molar-refractivity contribution in [2.45, 2.75) is 18.8 Å². The quantitative estimate of drug-likeness (QED) is 0.792. The highest BCUT2D eigenvalue weighted by atomic mass is 16.3. The van der Waals surface area contributed by atoms with Crippen molar-refractivity contribution in [2.24, 2.45) is 4.99 Å². The van der Waals surface area contributed by atoms with E-state index in [1.165, 1.54) is 6.21 Å². The second-order valence-electron chi connectivity index (χ2n) is 4.19. The lowest BCUT2D eigenvalue weighted by Crippen LogP contribution is -2.19. The lowest BCUT2D eigenvalue weighted by Gasteiger charge is -2.22. The standard InChI is InChI=1S/C14H15NO2/c1-15-9-12-13(16)7-11(8-14(12)17)10-5-3-2-4-6-10/h2-6,9,11,16H,7-8H2,1H3. The summed E-state index contributed by atoms with van der Waals surface area (Å²) in [6, 6.07) is 9.82. The Morgan fingerprint density at radius 3 is 2.59 bits per heavy atom. The summed E-state index contributed by atoms with van der Waals surface area (Å²) in [5.74, 6) is 0.201. The largest absolute Gasteiger partial charge is 0.511 e. The molecule has 88 valence electrons. The molecule has 1 aliphatic carbocycles. The summed E-state index contributed by atoms with van der Waals surface area (Å²) < 4.78 is 0. The smallest absolute Gasteiger partial charge is 0.168 e. The molecule has 1 unspecified atom stereocenters. The van der Waals surface area contributed by atoms with Crippen LogP contribution in [0.2, 0.25) is 0 Å². The summed E-state index contributed by atoms with van der Waals surface area (Å²) in [5, 5.41) is 9.87. The number of Topliss-reactive ketones (excluding diaryl/α,β-unsaturated/α-hetero) is 1. The van der Waals surface area contributed by atoms with Gasteiger partial charge >= 0.3 is 0 Å². The third kappa shape index (κ3) is 2.44. The van der Waals surface area contributed by atoms with Crippen LogP contribution in [0.3, 0.4) is 0 Å². The lowest BCUT2D eigenvalue weighted by atomic mass is 9.83. The highest BCUT2D eigenvalue weighted by molar-refractivity contribution is 6.14. The van der Waals surface area contributed by atoms with Crippen molar-refractivity contribution < 1.29 is 9.90 Å². The van der Waals surface area contributed by atoms with Crippen molar-refractivity contribution in [1.29, 1.82) is 0 Å². The van der Waals surface area contributed by atoms with Gasteiger partial charge in [-0.1, -0.05) is 30.3 Å². The summed E-state index contributed by atoms with van der Waals surface area (Å²) in [7, 11) is 1.59. The minimum atomic E-state index is -0.0341. The Bertz CT molecular complexity index is 474. The molecule has 1 aliphatic rings. The fourth-order valence-electron chi connectivity index (χ4n) is 2.15. The molecule has 1 atom stereocenters. The molecule has 0 radical (unpaired) electrons. The van der Waals surface area contributed by atoms with Gasteiger partial charge in [-0.25, -0.2) is 0 Å². The van der Waals surface area contributed by atoms with E-state index in [2.05, 4.69) is 4.99 Å². The SMILES string of the molecule is CN=CC1=C(O)CC(c2ccccc2)CC1=O. The van der Waals surface area contributed by atoms with Crippen LogP contribution in [0.4, 0.5) is 0 Å². The maximum Gasteiger partial charge on any atom is 0.168 e. The van der Waals surface area contributed by atoms with Gasteiger partial charge in [-0.15, -0.1) is 0 Å². The molecule has 0 aliphatic heterocycles. The first-order valence-electron chi connectivity index (χ1n) is 5.64. The Kier molecular flexibility index (Phi) is 3.38. The van der Waals surface area contributed by atoms with E-state index in [9.17, 15) is 9.90 Å². The lowest BCUT2D eigenvalue weighted by molar-refractivity contribution is -0.116. The van der Waals surface area contributed by atoms with Crippen LogP contribution in [-0.4, -0.2) is 24.2 Å². The normalized spacial score (nSPS) is 21.2. The number of ketones is 1. The van der Waals surface area contributed by atoms with Crippen molar-refractivity contribution in [3.05, 3.63) is 47.2 Å². The van der Waals surface area contributed by atoms with Crippen LogP contribution >= 0.6 is 0 Å². The van der Waals surface area contributed by atoms with Crippen LogP contribution in [0.15, 0.2) is 46.7 Å². The van der Waals surface area contributed by atoms with Gasteiger partial charge in [-0.2, -0.15) is 0 Å². The van der Waals surface area contributed by atoms with Gasteiger partial charge in [-0.05, 0) is 11.5 Å². The van der Waals surface area contributed by atoms with Gasteiger partial charge < -0.3 is 5.11 Å². The van der Waals surface area contributed by atoms with Gasteiger partial charge in [0.25, 0.3) is 0 Å². The molecular formula is C14H15NO2. The number of rotatable bonds is 2. The Balaban J connectivity index is 2.26. The van der Waals surface area contributed by atoms with E-state index in [0.717, 1.165) is 5.56 Å². The number of carbonyl (C=O) groups is 1. The fraction of sp³-hybridized carbons (Fsp3) is 0.286. The maximum absolute atomic E-state index is 11.9. The van der Waals surface area contributed by atoms with Crippen LogP contribution in [0, 0.1) is 0 Å². The molecule has 0 saturated carbocycles. The Morgan fingerprint density at radius 2 is 2.00 bits per heavy atom. The molecule has 0 bridgehead atoms. The summed E-state index contributed by atoms with van der Waals surface area (Å²) in [5.41, 5.74) is 1.46. The number of carbonyl (C=O) groups excluding carboxylic acids is 1.